The topological polar surface area (TPSA) is 143 Å². The Kier molecular flexibility index (Phi) is 10.2. The molecule has 9 heteroatoms. The van der Waals surface area contributed by atoms with E-state index in [0.717, 1.165) is 23.3 Å². The standard InChI is InChI=1S/C20H25NO4.C3H9NO3/c1-24-17-7-6-15(12-18(17)25-16-4-2-3-5-16)20(13-21)10-8-14(9-11-20)19(22)23;5-1-4(2-6)3-7/h6-7,12,14,16H,2-5,8-11H2,1H3,(H,22,23);5-7H,1-3H2. The summed E-state index contributed by atoms with van der Waals surface area (Å²) in [5, 5.41) is 43.5. The Balaban J connectivity index is 0.000000451. The number of carboxylic acid groups (broad SMARTS) is 1. The Hall–Kier alpha value is -2.38. The van der Waals surface area contributed by atoms with E-state index in [2.05, 4.69) is 6.07 Å². The fraction of sp³-hybridized carbons (Fsp3) is 0.652. The van der Waals surface area contributed by atoms with Crippen LogP contribution >= 0.6 is 0 Å². The molecule has 1 aromatic rings. The number of benzene rings is 1. The third kappa shape index (κ3) is 6.56. The van der Waals surface area contributed by atoms with Crippen molar-refractivity contribution in [3.63, 3.8) is 0 Å². The molecule has 0 aromatic heterocycles. The summed E-state index contributed by atoms with van der Waals surface area (Å²) in [7, 11) is 1.62. The number of hydrogen-bond acceptors (Lipinski definition) is 8. The molecule has 2 aliphatic rings. The first-order chi connectivity index (χ1) is 15.4. The maximum absolute atomic E-state index is 11.2. The van der Waals surface area contributed by atoms with E-state index in [9.17, 15) is 15.2 Å². The molecule has 1 aromatic carbocycles. The Labute approximate surface area is 188 Å². The highest BCUT2D eigenvalue weighted by molar-refractivity contribution is 5.70. The van der Waals surface area contributed by atoms with E-state index in [1.807, 2.05) is 18.2 Å². The Morgan fingerprint density at radius 1 is 1.09 bits per heavy atom. The van der Waals surface area contributed by atoms with Crippen LogP contribution in [0.5, 0.6) is 11.5 Å². The molecule has 0 unspecified atom stereocenters. The highest BCUT2D eigenvalue weighted by atomic mass is 16.5. The highest BCUT2D eigenvalue weighted by Gasteiger charge is 2.39. The zero-order chi connectivity index (χ0) is 23.6. The third-order valence-electron chi connectivity index (χ3n) is 6.31. The fourth-order valence-corrected chi connectivity index (χ4v) is 4.21. The predicted octanol–water partition coefficient (Wildman–Crippen LogP) is 2.19. The van der Waals surface area contributed by atoms with Crippen molar-refractivity contribution >= 4 is 5.97 Å². The zero-order valence-electron chi connectivity index (χ0n) is 18.6. The second-order valence-corrected chi connectivity index (χ2v) is 8.29. The number of carboxylic acids is 1. The molecular weight excluding hydrogens is 416 g/mol. The highest BCUT2D eigenvalue weighted by Crippen LogP contribution is 2.44. The van der Waals surface area contributed by atoms with Gasteiger partial charge in [0, 0.05) is 0 Å². The molecule has 2 fully saturated rings. The van der Waals surface area contributed by atoms with Crippen molar-refractivity contribution in [2.24, 2.45) is 5.92 Å². The lowest BCUT2D eigenvalue weighted by molar-refractivity contribution is -0.143. The molecule has 9 nitrogen and oxygen atoms in total. The van der Waals surface area contributed by atoms with Gasteiger partial charge in [-0.25, -0.2) is 4.90 Å². The van der Waals surface area contributed by atoms with Crippen molar-refractivity contribution in [2.45, 2.75) is 62.9 Å². The van der Waals surface area contributed by atoms with Crippen LogP contribution in [0.3, 0.4) is 0 Å². The van der Waals surface area contributed by atoms with Crippen LogP contribution in [-0.2, 0) is 10.2 Å². The van der Waals surface area contributed by atoms with Crippen molar-refractivity contribution in [1.82, 2.24) is 4.90 Å². The van der Waals surface area contributed by atoms with Crippen LogP contribution < -0.4 is 9.47 Å². The zero-order valence-corrected chi connectivity index (χ0v) is 18.6. The summed E-state index contributed by atoms with van der Waals surface area (Å²) in [5.74, 6) is 0.283. The quantitative estimate of drug-likeness (QED) is 0.438. The fourth-order valence-electron chi connectivity index (χ4n) is 4.21. The number of carbonyl (C=O) groups is 1. The number of rotatable bonds is 8. The molecule has 0 aliphatic heterocycles. The second kappa shape index (κ2) is 12.6. The number of methoxy groups -OCH3 is 1. The van der Waals surface area contributed by atoms with Crippen molar-refractivity contribution in [1.29, 1.82) is 5.26 Å². The van der Waals surface area contributed by atoms with Crippen LogP contribution in [0.25, 0.3) is 0 Å². The average molecular weight is 451 g/mol. The molecule has 0 bridgehead atoms. The van der Waals surface area contributed by atoms with Crippen LogP contribution in [0, 0.1) is 17.2 Å². The summed E-state index contributed by atoms with van der Waals surface area (Å²) in [6.07, 6.45) is 6.89. The van der Waals surface area contributed by atoms with Gasteiger partial charge < -0.3 is 29.9 Å². The van der Waals surface area contributed by atoms with Crippen LogP contribution in [0.4, 0.5) is 0 Å². The molecule has 4 N–H and O–H groups in total. The lowest BCUT2D eigenvalue weighted by Gasteiger charge is -2.34. The molecule has 0 radical (unpaired) electrons. The van der Waals surface area contributed by atoms with E-state index in [-0.39, 0.29) is 32.2 Å². The largest absolute Gasteiger partial charge is 0.493 e. The summed E-state index contributed by atoms with van der Waals surface area (Å²) in [6.45, 7) is -0.938. The molecule has 178 valence electrons. The monoisotopic (exact) mass is 450 g/mol. The van der Waals surface area contributed by atoms with Gasteiger partial charge in [0.05, 0.1) is 50.8 Å². The van der Waals surface area contributed by atoms with Gasteiger partial charge >= 0.3 is 5.97 Å². The number of aliphatic carboxylic acids is 1. The first kappa shape index (κ1) is 25.9. The maximum atomic E-state index is 11.2. The Morgan fingerprint density at radius 2 is 1.69 bits per heavy atom. The number of aliphatic hydroxyl groups is 3. The maximum Gasteiger partial charge on any atom is 0.306 e. The lowest BCUT2D eigenvalue weighted by atomic mass is 9.67. The van der Waals surface area contributed by atoms with E-state index in [1.54, 1.807) is 7.11 Å². The molecule has 2 aliphatic carbocycles. The van der Waals surface area contributed by atoms with Crippen molar-refractivity contribution < 1.29 is 34.7 Å². The van der Waals surface area contributed by atoms with Crippen LogP contribution in [-0.4, -0.2) is 64.7 Å². The number of nitrogens with zero attached hydrogens (tertiary/aromatic N) is 2. The molecule has 0 spiro atoms. The number of aliphatic hydroxyl groups excluding tert-OH is 3. The van der Waals surface area contributed by atoms with Gasteiger partial charge in [-0.05, 0) is 69.1 Å². The molecule has 0 atom stereocenters. The Morgan fingerprint density at radius 3 is 2.12 bits per heavy atom. The molecule has 0 heterocycles. The second-order valence-electron chi connectivity index (χ2n) is 8.29. The SMILES string of the molecule is COc1ccc(C2(C#N)CCC(C(=O)O)CC2)cc1OC1CCCC1.OCN(CO)CO. The minimum atomic E-state index is -0.758. The normalized spacial score (nSPS) is 23.2. The third-order valence-corrected chi connectivity index (χ3v) is 6.31. The molecular formula is C23H34N2O7. The average Bonchev–Trinajstić information content (AvgIpc) is 3.33. The van der Waals surface area contributed by atoms with Gasteiger partial charge in [-0.15, -0.1) is 0 Å². The smallest absolute Gasteiger partial charge is 0.306 e. The van der Waals surface area contributed by atoms with E-state index in [0.29, 0.717) is 37.2 Å². The van der Waals surface area contributed by atoms with Crippen molar-refractivity contribution in [3.8, 4) is 17.6 Å². The van der Waals surface area contributed by atoms with Gasteiger partial charge in [-0.3, -0.25) is 4.79 Å². The van der Waals surface area contributed by atoms with Crippen LogP contribution in [0.15, 0.2) is 18.2 Å². The summed E-state index contributed by atoms with van der Waals surface area (Å²) >= 11 is 0. The summed E-state index contributed by atoms with van der Waals surface area (Å²) < 4.78 is 11.6. The van der Waals surface area contributed by atoms with Crippen LogP contribution in [0.2, 0.25) is 0 Å². The molecule has 2 saturated carbocycles. The minimum Gasteiger partial charge on any atom is -0.493 e. The molecule has 0 saturated heterocycles. The van der Waals surface area contributed by atoms with Gasteiger partial charge in [0.1, 0.15) is 0 Å². The number of nitriles is 1. The first-order valence-electron chi connectivity index (χ1n) is 11.0. The summed E-state index contributed by atoms with van der Waals surface area (Å²) in [4.78, 5) is 12.2. The van der Waals surface area contributed by atoms with Gasteiger partial charge in [-0.2, -0.15) is 5.26 Å². The van der Waals surface area contributed by atoms with Crippen LogP contribution in [0.1, 0.15) is 56.9 Å². The van der Waals surface area contributed by atoms with Gasteiger partial charge in [0.25, 0.3) is 0 Å². The molecule has 3 rings (SSSR count). The molecule has 32 heavy (non-hydrogen) atoms. The first-order valence-corrected chi connectivity index (χ1v) is 11.0. The van der Waals surface area contributed by atoms with Crippen molar-refractivity contribution in [3.05, 3.63) is 23.8 Å². The van der Waals surface area contributed by atoms with E-state index >= 15 is 0 Å². The summed E-state index contributed by atoms with van der Waals surface area (Å²) in [5.41, 5.74) is 0.277. The van der Waals surface area contributed by atoms with Gasteiger partial charge in [-0.1, -0.05) is 6.07 Å². The van der Waals surface area contributed by atoms with E-state index in [4.69, 9.17) is 24.8 Å². The summed E-state index contributed by atoms with van der Waals surface area (Å²) in [6, 6.07) is 8.18. The molecule has 0 amide bonds. The minimum absolute atomic E-state index is 0.213. The van der Waals surface area contributed by atoms with Crippen molar-refractivity contribution in [2.75, 3.05) is 27.3 Å². The van der Waals surface area contributed by atoms with Gasteiger partial charge in [0.2, 0.25) is 0 Å². The van der Waals surface area contributed by atoms with Gasteiger partial charge in [0.15, 0.2) is 11.5 Å². The number of hydrogen-bond donors (Lipinski definition) is 4. The van der Waals surface area contributed by atoms with E-state index in [1.165, 1.54) is 12.8 Å². The lowest BCUT2D eigenvalue weighted by Crippen LogP contribution is -2.33. The predicted molar refractivity (Wildman–Crippen MR) is 116 cm³/mol. The van der Waals surface area contributed by atoms with E-state index < -0.39 is 11.4 Å². The number of ether oxygens (including phenoxy) is 2. The Bertz CT molecular complexity index is 757.